The first-order chi connectivity index (χ1) is 21.1. The number of nitrogens with zero attached hydrogens (tertiary/aromatic N) is 3. The summed E-state index contributed by atoms with van der Waals surface area (Å²) in [6.07, 6.45) is 1.79. The zero-order valence-corrected chi connectivity index (χ0v) is 28.0. The van der Waals surface area contributed by atoms with Crippen molar-refractivity contribution in [3.8, 4) is 11.5 Å². The molecule has 0 fully saturated rings. The van der Waals surface area contributed by atoms with E-state index in [0.29, 0.717) is 48.2 Å². The van der Waals surface area contributed by atoms with Crippen LogP contribution in [0.3, 0.4) is 0 Å². The minimum Gasteiger partial charge on any atom is -0.493 e. The molecule has 11 heteroatoms. The van der Waals surface area contributed by atoms with Gasteiger partial charge in [0.25, 0.3) is 5.56 Å². The molecule has 1 atom stereocenters. The van der Waals surface area contributed by atoms with Crippen molar-refractivity contribution in [1.29, 1.82) is 0 Å². The molecule has 3 aromatic carbocycles. The van der Waals surface area contributed by atoms with Crippen LogP contribution in [0.5, 0.6) is 11.5 Å². The van der Waals surface area contributed by atoms with Crippen LogP contribution in [0.1, 0.15) is 36.6 Å². The van der Waals surface area contributed by atoms with Crippen molar-refractivity contribution in [3.63, 3.8) is 0 Å². The van der Waals surface area contributed by atoms with Crippen LogP contribution in [-0.2, 0) is 16.1 Å². The zero-order valence-electron chi connectivity index (χ0n) is 24.9. The third-order valence-corrected chi connectivity index (χ3v) is 8.91. The van der Waals surface area contributed by atoms with Crippen molar-refractivity contribution < 1.29 is 19.0 Å². The first-order valence-electron chi connectivity index (χ1n) is 13.8. The molecule has 1 aromatic heterocycles. The first kappa shape index (κ1) is 31.6. The molecule has 0 saturated carbocycles. The van der Waals surface area contributed by atoms with Gasteiger partial charge in [-0.2, -0.15) is 0 Å². The monoisotopic (exact) mass is 695 g/mol. The Morgan fingerprint density at radius 1 is 1.14 bits per heavy atom. The number of esters is 1. The van der Waals surface area contributed by atoms with Gasteiger partial charge >= 0.3 is 5.97 Å². The zero-order chi connectivity index (χ0) is 31.5. The van der Waals surface area contributed by atoms with Crippen LogP contribution in [0.25, 0.3) is 6.08 Å². The number of aromatic nitrogens is 1. The lowest BCUT2D eigenvalue weighted by Gasteiger charge is -2.25. The summed E-state index contributed by atoms with van der Waals surface area (Å²) in [6.45, 7) is 4.06. The predicted octanol–water partition coefficient (Wildman–Crippen LogP) is 5.87. The van der Waals surface area contributed by atoms with E-state index >= 15 is 0 Å². The molecule has 0 amide bonds. The highest BCUT2D eigenvalue weighted by atomic mass is 79.9. The highest BCUT2D eigenvalue weighted by Gasteiger charge is 2.33. The molecule has 44 heavy (non-hydrogen) atoms. The summed E-state index contributed by atoms with van der Waals surface area (Å²) in [5.41, 5.74) is 4.07. The van der Waals surface area contributed by atoms with Gasteiger partial charge in [-0.3, -0.25) is 9.36 Å². The van der Waals surface area contributed by atoms with E-state index in [1.807, 2.05) is 79.7 Å². The summed E-state index contributed by atoms with van der Waals surface area (Å²) in [5, 5.41) is 0.656. The number of thiazole rings is 1. The maximum Gasteiger partial charge on any atom is 0.338 e. The molecule has 2 heterocycles. The van der Waals surface area contributed by atoms with E-state index in [9.17, 15) is 9.59 Å². The molecule has 0 N–H and O–H groups in total. The smallest absolute Gasteiger partial charge is 0.338 e. The fourth-order valence-electron chi connectivity index (χ4n) is 4.91. The number of benzene rings is 3. The Bertz CT molecular complexity index is 1910. The van der Waals surface area contributed by atoms with Crippen LogP contribution < -0.4 is 29.3 Å². The van der Waals surface area contributed by atoms with Crippen molar-refractivity contribution in [2.45, 2.75) is 26.5 Å². The van der Waals surface area contributed by atoms with Crippen molar-refractivity contribution >= 4 is 56.6 Å². The van der Waals surface area contributed by atoms with E-state index in [4.69, 9.17) is 25.8 Å². The molecule has 0 spiro atoms. The number of halogens is 2. The third-order valence-electron chi connectivity index (χ3n) is 7.09. The van der Waals surface area contributed by atoms with Gasteiger partial charge in [0.15, 0.2) is 16.3 Å². The van der Waals surface area contributed by atoms with Crippen molar-refractivity contribution in [2.24, 2.45) is 4.99 Å². The Morgan fingerprint density at radius 3 is 2.48 bits per heavy atom. The molecule has 0 bridgehead atoms. The average molecular weight is 697 g/mol. The van der Waals surface area contributed by atoms with Gasteiger partial charge in [0.05, 0.1) is 40.0 Å². The molecule has 1 aliphatic heterocycles. The lowest BCUT2D eigenvalue weighted by Crippen LogP contribution is -2.39. The molecule has 5 rings (SSSR count). The average Bonchev–Trinajstić information content (AvgIpc) is 3.30. The normalized spacial score (nSPS) is 14.6. The van der Waals surface area contributed by atoms with Crippen LogP contribution >= 0.6 is 38.9 Å². The van der Waals surface area contributed by atoms with E-state index in [1.54, 1.807) is 31.6 Å². The van der Waals surface area contributed by atoms with Crippen LogP contribution in [0.15, 0.2) is 86.2 Å². The third kappa shape index (κ3) is 6.47. The molecule has 0 unspecified atom stereocenters. The van der Waals surface area contributed by atoms with Gasteiger partial charge in [-0.05, 0) is 88.9 Å². The number of carbonyl (C=O) groups is 1. The standard InChI is InChI=1S/C33H31BrClN3O5S/c1-6-42-32(40)28-19(2)36-33-38(29(28)22-9-13-24(14-10-22)37(3)4)31(39)27(44-33)17-21-15-25(34)30(26(16-21)41-5)43-18-20-7-11-23(35)12-8-20/h7-17,29H,6,18H2,1-5H3/b27-17-/t29-/m1/s1. The number of hydrogen-bond acceptors (Lipinski definition) is 8. The van der Waals surface area contributed by atoms with Gasteiger partial charge < -0.3 is 19.1 Å². The second kappa shape index (κ2) is 13.4. The molecular weight excluding hydrogens is 666 g/mol. The van der Waals surface area contributed by atoms with Gasteiger partial charge in [0.1, 0.15) is 6.61 Å². The molecule has 0 saturated heterocycles. The predicted molar refractivity (Wildman–Crippen MR) is 178 cm³/mol. The summed E-state index contributed by atoms with van der Waals surface area (Å²) in [4.78, 5) is 34.4. The minimum atomic E-state index is -0.687. The van der Waals surface area contributed by atoms with Gasteiger partial charge in [-0.1, -0.05) is 47.2 Å². The maximum atomic E-state index is 14.0. The number of rotatable bonds is 9. The topological polar surface area (TPSA) is 82.4 Å². The highest BCUT2D eigenvalue weighted by molar-refractivity contribution is 9.10. The van der Waals surface area contributed by atoms with Crippen molar-refractivity contribution in [1.82, 2.24) is 4.57 Å². The molecule has 228 valence electrons. The maximum absolute atomic E-state index is 14.0. The number of carbonyl (C=O) groups excluding carboxylic acids is 1. The summed E-state index contributed by atoms with van der Waals surface area (Å²) in [7, 11) is 5.48. The van der Waals surface area contributed by atoms with Crippen molar-refractivity contribution in [2.75, 3.05) is 32.7 Å². The van der Waals surface area contributed by atoms with Gasteiger partial charge in [0.2, 0.25) is 0 Å². The van der Waals surface area contributed by atoms with Crippen LogP contribution in [0.4, 0.5) is 5.69 Å². The largest absolute Gasteiger partial charge is 0.493 e. The van der Waals surface area contributed by atoms with Crippen LogP contribution in [0, 0.1) is 0 Å². The van der Waals surface area contributed by atoms with Crippen LogP contribution in [0.2, 0.25) is 5.02 Å². The Balaban J connectivity index is 1.57. The molecular formula is C33H31BrClN3O5S. The lowest BCUT2D eigenvalue weighted by atomic mass is 9.95. The lowest BCUT2D eigenvalue weighted by molar-refractivity contribution is -0.139. The fraction of sp³-hybridized carbons (Fsp3) is 0.242. The SMILES string of the molecule is CCOC(=O)C1=C(C)N=c2s/c(=C\c3cc(Br)c(OCc4ccc(Cl)cc4)c(OC)c3)c(=O)n2[C@@H]1c1ccc(N(C)C)cc1. The van der Waals surface area contributed by atoms with E-state index in [1.165, 1.54) is 11.3 Å². The second-order valence-corrected chi connectivity index (χ2v) is 12.5. The van der Waals surface area contributed by atoms with Crippen LogP contribution in [-0.4, -0.2) is 38.3 Å². The molecule has 0 radical (unpaired) electrons. The number of allylic oxidation sites excluding steroid dienone is 1. The number of methoxy groups -OCH3 is 1. The first-order valence-corrected chi connectivity index (χ1v) is 15.8. The minimum absolute atomic E-state index is 0.211. The molecule has 8 nitrogen and oxygen atoms in total. The Kier molecular flexibility index (Phi) is 9.62. The van der Waals surface area contributed by atoms with E-state index in [-0.39, 0.29) is 12.2 Å². The molecule has 0 aliphatic carbocycles. The summed E-state index contributed by atoms with van der Waals surface area (Å²) in [5.74, 6) is 0.552. The molecule has 1 aliphatic rings. The Hall–Kier alpha value is -3.86. The van der Waals surface area contributed by atoms with Gasteiger partial charge in [0, 0.05) is 24.8 Å². The Morgan fingerprint density at radius 2 is 1.84 bits per heavy atom. The summed E-state index contributed by atoms with van der Waals surface area (Å²) in [6, 6.07) is 18.2. The van der Waals surface area contributed by atoms with Crippen molar-refractivity contribution in [3.05, 3.63) is 118 Å². The quantitative estimate of drug-likeness (QED) is 0.204. The summed E-state index contributed by atoms with van der Waals surface area (Å²) < 4.78 is 19.8. The second-order valence-electron chi connectivity index (χ2n) is 10.2. The highest BCUT2D eigenvalue weighted by Crippen LogP contribution is 2.37. The number of anilines is 1. The number of ether oxygens (including phenoxy) is 3. The Labute approximate surface area is 272 Å². The van der Waals surface area contributed by atoms with Gasteiger partial charge in [-0.25, -0.2) is 9.79 Å². The number of hydrogen-bond donors (Lipinski definition) is 0. The van der Waals surface area contributed by atoms with Gasteiger partial charge in [-0.15, -0.1) is 0 Å². The van der Waals surface area contributed by atoms with E-state index in [0.717, 1.165) is 22.4 Å². The number of fused-ring (bicyclic) bond motifs is 1. The fourth-order valence-corrected chi connectivity index (χ4v) is 6.66. The summed E-state index contributed by atoms with van der Waals surface area (Å²) >= 11 is 10.9. The van der Waals surface area contributed by atoms with E-state index in [2.05, 4.69) is 20.9 Å². The molecule has 4 aromatic rings. The van der Waals surface area contributed by atoms with E-state index < -0.39 is 12.0 Å².